The minimum Gasteiger partial charge on any atom is -0.378 e. The average molecular weight is 379 g/mol. The lowest BCUT2D eigenvalue weighted by molar-refractivity contribution is 0.0990. The molecule has 144 valence electrons. The Morgan fingerprint density at radius 1 is 1.11 bits per heavy atom. The van der Waals surface area contributed by atoms with Gasteiger partial charge in [-0.05, 0) is 49.2 Å². The zero-order chi connectivity index (χ0) is 19.3. The van der Waals surface area contributed by atoms with Gasteiger partial charge < -0.3 is 19.5 Å². The van der Waals surface area contributed by atoms with Gasteiger partial charge in [0.15, 0.2) is 0 Å². The van der Waals surface area contributed by atoms with E-state index in [0.29, 0.717) is 17.5 Å². The van der Waals surface area contributed by atoms with Gasteiger partial charge in [0, 0.05) is 47.6 Å². The van der Waals surface area contributed by atoms with Crippen molar-refractivity contribution in [2.45, 2.75) is 13.3 Å². The van der Waals surface area contributed by atoms with E-state index in [1.807, 2.05) is 11.8 Å². The molecule has 2 aliphatic rings. The third-order valence-electron chi connectivity index (χ3n) is 5.75. The number of aromatic amines is 1. The van der Waals surface area contributed by atoms with Crippen molar-refractivity contribution < 1.29 is 13.9 Å². The Morgan fingerprint density at radius 3 is 2.75 bits per heavy atom. The van der Waals surface area contributed by atoms with Crippen molar-refractivity contribution in [1.82, 2.24) is 4.98 Å². The van der Waals surface area contributed by atoms with Crippen molar-refractivity contribution >= 4 is 28.2 Å². The molecule has 3 aromatic rings. The Kier molecular flexibility index (Phi) is 4.09. The summed E-state index contributed by atoms with van der Waals surface area (Å²) in [6.07, 6.45) is 0.834. The maximum absolute atomic E-state index is 13.8. The first-order valence-electron chi connectivity index (χ1n) is 9.67. The Morgan fingerprint density at radius 2 is 1.93 bits per heavy atom. The summed E-state index contributed by atoms with van der Waals surface area (Å²) in [4.78, 5) is 20.8. The molecule has 1 amide bonds. The van der Waals surface area contributed by atoms with E-state index in [0.717, 1.165) is 55.3 Å². The minimum atomic E-state index is -0.336. The van der Waals surface area contributed by atoms with Crippen LogP contribution >= 0.6 is 0 Å². The maximum Gasteiger partial charge on any atom is 0.260 e. The third-order valence-corrected chi connectivity index (χ3v) is 5.75. The number of morpholine rings is 1. The van der Waals surface area contributed by atoms with Crippen LogP contribution in [0, 0.1) is 12.7 Å². The van der Waals surface area contributed by atoms with Gasteiger partial charge in [0.2, 0.25) is 0 Å². The van der Waals surface area contributed by atoms with Crippen LogP contribution in [0.15, 0.2) is 36.4 Å². The summed E-state index contributed by atoms with van der Waals surface area (Å²) in [5.74, 6) is -0.413. The third kappa shape index (κ3) is 2.76. The van der Waals surface area contributed by atoms with Gasteiger partial charge in [-0.3, -0.25) is 4.79 Å². The number of nitrogens with zero attached hydrogens (tertiary/aromatic N) is 2. The van der Waals surface area contributed by atoms with Crippen molar-refractivity contribution in [3.8, 4) is 0 Å². The van der Waals surface area contributed by atoms with Gasteiger partial charge in [-0.15, -0.1) is 0 Å². The van der Waals surface area contributed by atoms with Crippen LogP contribution in [0.3, 0.4) is 0 Å². The molecule has 0 unspecified atom stereocenters. The first kappa shape index (κ1) is 17.3. The molecule has 0 saturated carbocycles. The highest BCUT2D eigenvalue weighted by Gasteiger charge is 2.29. The number of anilines is 2. The molecule has 1 saturated heterocycles. The second-order valence-corrected chi connectivity index (χ2v) is 7.43. The second-order valence-electron chi connectivity index (χ2n) is 7.43. The number of aromatic nitrogens is 1. The van der Waals surface area contributed by atoms with Crippen molar-refractivity contribution in [3.05, 3.63) is 59.0 Å². The van der Waals surface area contributed by atoms with Gasteiger partial charge in [0.25, 0.3) is 5.91 Å². The van der Waals surface area contributed by atoms with Crippen molar-refractivity contribution in [3.63, 3.8) is 0 Å². The summed E-state index contributed by atoms with van der Waals surface area (Å²) in [6.45, 7) is 5.66. The highest BCUT2D eigenvalue weighted by molar-refractivity contribution is 6.15. The first-order chi connectivity index (χ1) is 13.6. The monoisotopic (exact) mass is 379 g/mol. The number of benzene rings is 2. The van der Waals surface area contributed by atoms with E-state index in [4.69, 9.17) is 4.74 Å². The van der Waals surface area contributed by atoms with Gasteiger partial charge in [-0.2, -0.15) is 0 Å². The molecule has 1 N–H and O–H groups in total. The molecule has 0 bridgehead atoms. The number of rotatable bonds is 2. The van der Waals surface area contributed by atoms with Crippen molar-refractivity contribution in [2.24, 2.45) is 0 Å². The van der Waals surface area contributed by atoms with Crippen molar-refractivity contribution in [2.75, 3.05) is 42.6 Å². The number of amides is 1. The lowest BCUT2D eigenvalue weighted by atomic mass is 10.1. The topological polar surface area (TPSA) is 48.6 Å². The molecule has 2 aromatic carbocycles. The molecule has 5 rings (SSSR count). The van der Waals surface area contributed by atoms with Gasteiger partial charge >= 0.3 is 0 Å². The van der Waals surface area contributed by atoms with Crippen LogP contribution in [0.1, 0.15) is 21.6 Å². The molecular formula is C22H22FN3O2. The van der Waals surface area contributed by atoms with E-state index in [2.05, 4.69) is 28.1 Å². The standard InChI is InChI=1S/C22H22FN3O2/c1-14-21(18-12-16(23)3-5-19(18)24-14)22(27)26-7-6-15-2-4-17(13-20(15)26)25-8-10-28-11-9-25/h2-5,12-13,24H,6-11H2,1H3. The summed E-state index contributed by atoms with van der Waals surface area (Å²) in [5.41, 5.74) is 5.35. The fraction of sp³-hybridized carbons (Fsp3) is 0.318. The van der Waals surface area contributed by atoms with E-state index in [1.165, 1.54) is 17.7 Å². The van der Waals surface area contributed by atoms with Crippen LogP contribution < -0.4 is 9.80 Å². The fourth-order valence-electron chi connectivity index (χ4n) is 4.31. The van der Waals surface area contributed by atoms with Crippen LogP contribution in [0.4, 0.5) is 15.8 Å². The van der Waals surface area contributed by atoms with Crippen LogP contribution in [-0.4, -0.2) is 43.7 Å². The minimum absolute atomic E-state index is 0.0766. The molecule has 0 aliphatic carbocycles. The predicted octanol–water partition coefficient (Wildman–Crippen LogP) is 3.65. The van der Waals surface area contributed by atoms with Crippen LogP contribution in [-0.2, 0) is 11.2 Å². The highest BCUT2D eigenvalue weighted by Crippen LogP contribution is 2.35. The fourth-order valence-corrected chi connectivity index (χ4v) is 4.31. The molecular weight excluding hydrogens is 357 g/mol. The zero-order valence-corrected chi connectivity index (χ0v) is 15.8. The number of fused-ring (bicyclic) bond motifs is 2. The SMILES string of the molecule is Cc1[nH]c2ccc(F)cc2c1C(=O)N1CCc2ccc(N3CCOCC3)cc21. The second kappa shape index (κ2) is 6.63. The summed E-state index contributed by atoms with van der Waals surface area (Å²) >= 11 is 0. The number of hydrogen-bond donors (Lipinski definition) is 1. The summed E-state index contributed by atoms with van der Waals surface area (Å²) in [7, 11) is 0. The number of ether oxygens (including phenoxy) is 1. The average Bonchev–Trinajstić information content (AvgIpc) is 3.27. The van der Waals surface area contributed by atoms with Crippen molar-refractivity contribution in [1.29, 1.82) is 0 Å². The number of halogens is 1. The molecule has 5 nitrogen and oxygen atoms in total. The lowest BCUT2D eigenvalue weighted by Crippen LogP contribution is -2.36. The number of carbonyl (C=O) groups excluding carboxylic acids is 1. The van der Waals surface area contributed by atoms with E-state index in [-0.39, 0.29) is 11.7 Å². The molecule has 0 radical (unpaired) electrons. The van der Waals surface area contributed by atoms with Gasteiger partial charge in [-0.25, -0.2) is 4.39 Å². The van der Waals surface area contributed by atoms with E-state index >= 15 is 0 Å². The molecule has 3 heterocycles. The number of hydrogen-bond acceptors (Lipinski definition) is 3. The maximum atomic E-state index is 13.8. The zero-order valence-electron chi connectivity index (χ0n) is 15.8. The highest BCUT2D eigenvalue weighted by atomic mass is 19.1. The van der Waals surface area contributed by atoms with Crippen LogP contribution in [0.25, 0.3) is 10.9 Å². The quantitative estimate of drug-likeness (QED) is 0.739. The molecule has 0 atom stereocenters. The normalized spacial score (nSPS) is 16.6. The molecule has 2 aliphatic heterocycles. The number of nitrogens with one attached hydrogen (secondary N) is 1. The number of aryl methyl sites for hydroxylation is 1. The Balaban J connectivity index is 1.53. The van der Waals surface area contributed by atoms with Gasteiger partial charge in [0.1, 0.15) is 5.82 Å². The molecule has 1 fully saturated rings. The predicted molar refractivity (Wildman–Crippen MR) is 108 cm³/mol. The summed E-state index contributed by atoms with van der Waals surface area (Å²) in [6, 6.07) is 10.9. The molecule has 6 heteroatoms. The van der Waals surface area contributed by atoms with Gasteiger partial charge in [-0.1, -0.05) is 6.07 Å². The number of carbonyl (C=O) groups is 1. The molecule has 0 spiro atoms. The summed E-state index contributed by atoms with van der Waals surface area (Å²) in [5, 5.41) is 0.639. The largest absolute Gasteiger partial charge is 0.378 e. The Hall–Kier alpha value is -2.86. The smallest absolute Gasteiger partial charge is 0.260 e. The Bertz CT molecular complexity index is 1070. The van der Waals surface area contributed by atoms with E-state index in [1.54, 1.807) is 6.07 Å². The number of H-pyrrole nitrogens is 1. The van der Waals surface area contributed by atoms with Gasteiger partial charge in [0.05, 0.1) is 18.8 Å². The first-order valence-corrected chi connectivity index (χ1v) is 9.67. The molecule has 28 heavy (non-hydrogen) atoms. The van der Waals surface area contributed by atoms with E-state index in [9.17, 15) is 9.18 Å². The Labute approximate surface area is 162 Å². The molecule has 1 aromatic heterocycles. The lowest BCUT2D eigenvalue weighted by Gasteiger charge is -2.29. The van der Waals surface area contributed by atoms with Crippen LogP contribution in [0.2, 0.25) is 0 Å². The summed E-state index contributed by atoms with van der Waals surface area (Å²) < 4.78 is 19.3. The van der Waals surface area contributed by atoms with E-state index < -0.39 is 0 Å². The van der Waals surface area contributed by atoms with Crippen LogP contribution in [0.5, 0.6) is 0 Å².